The number of esters is 1. The van der Waals surface area contributed by atoms with Crippen LogP contribution in [0.4, 0.5) is 0 Å². The maximum absolute atomic E-state index is 12.1. The van der Waals surface area contributed by atoms with Gasteiger partial charge in [0.05, 0.1) is 6.61 Å². The molecule has 0 spiro atoms. The second-order valence-corrected chi connectivity index (χ2v) is 6.37. The lowest BCUT2D eigenvalue weighted by atomic mass is 9.86. The fraction of sp³-hybridized carbons (Fsp3) is 0.714. The summed E-state index contributed by atoms with van der Waals surface area (Å²) in [6.45, 7) is 2.22. The average Bonchev–Trinajstić information content (AvgIpc) is 2.98. The Morgan fingerprint density at radius 2 is 2.50 bits per heavy atom. The number of imidazole rings is 1. The summed E-state index contributed by atoms with van der Waals surface area (Å²) in [6.07, 6.45) is 7.41. The molecule has 2 rings (SSSR count). The normalized spacial score (nSPS) is 25.9. The highest BCUT2D eigenvalue weighted by Gasteiger charge is 2.46. The van der Waals surface area contributed by atoms with Crippen LogP contribution in [0.5, 0.6) is 0 Å². The third-order valence-corrected chi connectivity index (χ3v) is 5.09. The number of thioether (sulfide) groups is 1. The van der Waals surface area contributed by atoms with Gasteiger partial charge < -0.3 is 15.0 Å². The molecule has 2 unspecified atom stereocenters. The summed E-state index contributed by atoms with van der Waals surface area (Å²) >= 11 is 1.71. The Morgan fingerprint density at radius 3 is 3.15 bits per heavy atom. The second-order valence-electron chi connectivity index (χ2n) is 5.31. The Bertz CT molecular complexity index is 463. The monoisotopic (exact) mass is 297 g/mol. The van der Waals surface area contributed by atoms with Gasteiger partial charge in [0.2, 0.25) is 0 Å². The first-order valence-corrected chi connectivity index (χ1v) is 8.12. The van der Waals surface area contributed by atoms with Gasteiger partial charge in [-0.15, -0.1) is 0 Å². The zero-order valence-corrected chi connectivity index (χ0v) is 13.0. The second kappa shape index (κ2) is 6.63. The molecule has 0 amide bonds. The number of nitrogens with two attached hydrogens (primary N) is 1. The van der Waals surface area contributed by atoms with Crippen molar-refractivity contribution in [1.29, 1.82) is 0 Å². The molecule has 0 bridgehead atoms. The number of hydrogen-bond acceptors (Lipinski definition) is 5. The Kier molecular flexibility index (Phi) is 5.10. The molecule has 1 saturated carbocycles. The predicted molar refractivity (Wildman–Crippen MR) is 79.4 cm³/mol. The predicted octanol–water partition coefficient (Wildman–Crippen LogP) is 1.96. The van der Waals surface area contributed by atoms with E-state index < -0.39 is 5.54 Å². The first-order valence-electron chi connectivity index (χ1n) is 7.14. The van der Waals surface area contributed by atoms with Gasteiger partial charge in [0.25, 0.3) is 0 Å². The number of aromatic nitrogens is 2. The van der Waals surface area contributed by atoms with Crippen LogP contribution in [0.25, 0.3) is 0 Å². The maximum atomic E-state index is 12.1. The fourth-order valence-electron chi connectivity index (χ4n) is 2.82. The molecule has 112 valence electrons. The van der Waals surface area contributed by atoms with Gasteiger partial charge in [0, 0.05) is 25.2 Å². The Morgan fingerprint density at radius 1 is 1.70 bits per heavy atom. The van der Waals surface area contributed by atoms with Crippen LogP contribution in [0.2, 0.25) is 0 Å². The van der Waals surface area contributed by atoms with E-state index >= 15 is 0 Å². The van der Waals surface area contributed by atoms with Gasteiger partial charge in [0.1, 0.15) is 5.54 Å². The van der Waals surface area contributed by atoms with Crippen LogP contribution in [0.1, 0.15) is 32.6 Å². The van der Waals surface area contributed by atoms with Crippen molar-refractivity contribution in [2.45, 2.75) is 43.3 Å². The van der Waals surface area contributed by atoms with Crippen molar-refractivity contribution in [3.05, 3.63) is 12.4 Å². The fourth-order valence-corrected chi connectivity index (χ4v) is 3.81. The molecule has 5 nitrogen and oxygen atoms in total. The molecule has 1 aliphatic rings. The number of carbonyl (C=O) groups is 1. The van der Waals surface area contributed by atoms with Crippen LogP contribution in [0.15, 0.2) is 17.6 Å². The zero-order valence-electron chi connectivity index (χ0n) is 12.2. The molecule has 0 saturated heterocycles. The van der Waals surface area contributed by atoms with Gasteiger partial charge in [-0.1, -0.05) is 18.2 Å². The van der Waals surface area contributed by atoms with Crippen LogP contribution in [0.3, 0.4) is 0 Å². The van der Waals surface area contributed by atoms with E-state index in [-0.39, 0.29) is 11.9 Å². The molecule has 6 heteroatoms. The Hall–Kier alpha value is -1.01. The van der Waals surface area contributed by atoms with Crippen molar-refractivity contribution in [1.82, 2.24) is 9.55 Å². The average molecular weight is 297 g/mol. The van der Waals surface area contributed by atoms with Gasteiger partial charge in [-0.2, -0.15) is 0 Å². The SMILES string of the molecule is CCOC(=O)C1(N)CCCC1CCSc1nccn1C. The summed E-state index contributed by atoms with van der Waals surface area (Å²) in [7, 11) is 1.98. The topological polar surface area (TPSA) is 70.1 Å². The maximum Gasteiger partial charge on any atom is 0.326 e. The molecule has 1 aromatic rings. The van der Waals surface area contributed by atoms with Crippen molar-refractivity contribution < 1.29 is 9.53 Å². The quantitative estimate of drug-likeness (QED) is 0.642. The van der Waals surface area contributed by atoms with Crippen LogP contribution < -0.4 is 5.73 Å². The van der Waals surface area contributed by atoms with Crippen LogP contribution in [-0.4, -0.2) is 33.4 Å². The van der Waals surface area contributed by atoms with Crippen molar-refractivity contribution in [3.63, 3.8) is 0 Å². The van der Waals surface area contributed by atoms with E-state index in [1.54, 1.807) is 18.0 Å². The molecule has 0 aliphatic heterocycles. The number of rotatable bonds is 6. The van der Waals surface area contributed by atoms with E-state index in [0.29, 0.717) is 6.61 Å². The molecule has 1 fully saturated rings. The van der Waals surface area contributed by atoms with E-state index in [4.69, 9.17) is 10.5 Å². The van der Waals surface area contributed by atoms with E-state index in [9.17, 15) is 4.79 Å². The minimum atomic E-state index is -0.780. The summed E-state index contributed by atoms with van der Waals surface area (Å²) in [4.78, 5) is 16.3. The molecule has 2 atom stereocenters. The summed E-state index contributed by atoms with van der Waals surface area (Å²) in [5, 5.41) is 1.00. The number of aryl methyl sites for hydroxylation is 1. The summed E-state index contributed by atoms with van der Waals surface area (Å²) in [5.41, 5.74) is 5.54. The number of nitrogens with zero attached hydrogens (tertiary/aromatic N) is 2. The van der Waals surface area contributed by atoms with Gasteiger partial charge in [-0.05, 0) is 32.1 Å². The smallest absolute Gasteiger partial charge is 0.326 e. The molecule has 2 N–H and O–H groups in total. The number of ether oxygens (including phenoxy) is 1. The Balaban J connectivity index is 1.88. The summed E-state index contributed by atoms with van der Waals surface area (Å²) in [5.74, 6) is 0.909. The largest absolute Gasteiger partial charge is 0.465 e. The molecule has 1 heterocycles. The standard InChI is InChI=1S/C14H23N3O2S/c1-3-19-12(18)14(15)7-4-5-11(14)6-10-20-13-16-8-9-17(13)2/h8-9,11H,3-7,10,15H2,1-2H3. The molecule has 0 aromatic carbocycles. The highest BCUT2D eigenvalue weighted by atomic mass is 32.2. The first kappa shape index (κ1) is 15.4. The van der Waals surface area contributed by atoms with Crippen LogP contribution in [-0.2, 0) is 16.6 Å². The van der Waals surface area contributed by atoms with Crippen molar-refractivity contribution >= 4 is 17.7 Å². The van der Waals surface area contributed by atoms with Crippen LogP contribution >= 0.6 is 11.8 Å². The Labute approximate surface area is 124 Å². The van der Waals surface area contributed by atoms with Gasteiger partial charge in [-0.25, -0.2) is 4.98 Å². The molecular weight excluding hydrogens is 274 g/mol. The van der Waals surface area contributed by atoms with E-state index in [1.807, 2.05) is 24.7 Å². The summed E-state index contributed by atoms with van der Waals surface area (Å²) in [6, 6.07) is 0. The van der Waals surface area contributed by atoms with Gasteiger partial charge in [-0.3, -0.25) is 4.79 Å². The lowest BCUT2D eigenvalue weighted by Gasteiger charge is -2.28. The summed E-state index contributed by atoms with van der Waals surface area (Å²) < 4.78 is 7.14. The first-order chi connectivity index (χ1) is 9.58. The van der Waals surface area contributed by atoms with E-state index in [1.165, 1.54) is 0 Å². The van der Waals surface area contributed by atoms with Crippen molar-refractivity contribution in [2.75, 3.05) is 12.4 Å². The number of carbonyl (C=O) groups excluding carboxylic acids is 1. The zero-order chi connectivity index (χ0) is 14.6. The molecule has 1 aliphatic carbocycles. The third kappa shape index (κ3) is 3.17. The van der Waals surface area contributed by atoms with Crippen LogP contribution in [0, 0.1) is 5.92 Å². The number of hydrogen-bond donors (Lipinski definition) is 1. The van der Waals surface area contributed by atoms with Gasteiger partial charge in [0.15, 0.2) is 5.16 Å². The molecule has 1 aromatic heterocycles. The molecule has 20 heavy (non-hydrogen) atoms. The van der Waals surface area contributed by atoms with E-state index in [0.717, 1.165) is 36.6 Å². The van der Waals surface area contributed by atoms with Crippen molar-refractivity contribution in [3.8, 4) is 0 Å². The minimum Gasteiger partial charge on any atom is -0.465 e. The third-order valence-electron chi connectivity index (χ3n) is 4.00. The highest BCUT2D eigenvalue weighted by Crippen LogP contribution is 2.38. The highest BCUT2D eigenvalue weighted by molar-refractivity contribution is 7.99. The van der Waals surface area contributed by atoms with Gasteiger partial charge >= 0.3 is 5.97 Å². The van der Waals surface area contributed by atoms with Crippen molar-refractivity contribution in [2.24, 2.45) is 18.7 Å². The minimum absolute atomic E-state index is 0.217. The van der Waals surface area contributed by atoms with E-state index in [2.05, 4.69) is 4.98 Å². The lowest BCUT2D eigenvalue weighted by molar-refractivity contribution is -0.151. The lowest BCUT2D eigenvalue weighted by Crippen LogP contribution is -2.52. The molecular formula is C14H23N3O2S. The molecule has 0 radical (unpaired) electrons.